The third-order valence-electron chi connectivity index (χ3n) is 2.14. The molecule has 16 heavy (non-hydrogen) atoms. The normalized spacial score (nSPS) is 12.2. The van der Waals surface area contributed by atoms with Crippen molar-refractivity contribution in [2.24, 2.45) is 0 Å². The first-order valence-electron chi connectivity index (χ1n) is 5.05. The van der Waals surface area contributed by atoms with Crippen molar-refractivity contribution in [2.75, 3.05) is 12.9 Å². The largest absolute Gasteiger partial charge is 0.493 e. The number of hydrogen-bond donors (Lipinski definition) is 0. The Balaban J connectivity index is 3.03. The Morgan fingerprint density at radius 3 is 2.75 bits per heavy atom. The highest BCUT2D eigenvalue weighted by atomic mass is 35.5. The summed E-state index contributed by atoms with van der Waals surface area (Å²) in [4.78, 5) is 12.2. The number of carbonyl (C=O) groups excluding carboxylic acids is 1. The van der Waals surface area contributed by atoms with Gasteiger partial charge in [-0.1, -0.05) is 6.07 Å². The molecule has 0 aliphatic carbocycles. The average Bonchev–Trinajstić information content (AvgIpc) is 2.29. The van der Waals surface area contributed by atoms with Crippen LogP contribution in [0.4, 0.5) is 0 Å². The molecule has 0 aliphatic heterocycles. The molecule has 0 radical (unpaired) electrons. The van der Waals surface area contributed by atoms with Crippen molar-refractivity contribution in [2.45, 2.75) is 24.1 Å². The van der Waals surface area contributed by atoms with Crippen LogP contribution in [0.2, 0.25) is 0 Å². The molecule has 0 aromatic heterocycles. The monoisotopic (exact) mass is 258 g/mol. The summed E-state index contributed by atoms with van der Waals surface area (Å²) in [5.74, 6) is 0.795. The molecule has 0 fully saturated rings. The predicted molar refractivity (Wildman–Crippen MR) is 68.7 cm³/mol. The van der Waals surface area contributed by atoms with Crippen molar-refractivity contribution in [1.82, 2.24) is 0 Å². The van der Waals surface area contributed by atoms with E-state index in [0.29, 0.717) is 6.61 Å². The van der Waals surface area contributed by atoms with Crippen LogP contribution in [0.15, 0.2) is 23.1 Å². The molecular formula is C12H15ClO2S. The summed E-state index contributed by atoms with van der Waals surface area (Å²) in [7, 11) is 0. The van der Waals surface area contributed by atoms with Crippen LogP contribution < -0.4 is 4.74 Å². The van der Waals surface area contributed by atoms with Crippen LogP contribution in [0.3, 0.4) is 0 Å². The fourth-order valence-corrected chi connectivity index (χ4v) is 2.07. The number of benzene rings is 1. The standard InChI is InChI=1S/C12H15ClO2S/c1-4-15-10-6-5-9(7-11(10)16-3)12(13)8(2)14/h5-7,12H,4H2,1-3H3. The van der Waals surface area contributed by atoms with Crippen molar-refractivity contribution >= 4 is 29.1 Å². The Kier molecular flexibility index (Phi) is 5.16. The van der Waals surface area contributed by atoms with E-state index in [0.717, 1.165) is 16.2 Å². The first-order valence-corrected chi connectivity index (χ1v) is 6.71. The minimum absolute atomic E-state index is 0.0436. The van der Waals surface area contributed by atoms with Gasteiger partial charge in [-0.25, -0.2) is 0 Å². The lowest BCUT2D eigenvalue weighted by Crippen LogP contribution is -2.02. The van der Waals surface area contributed by atoms with E-state index in [9.17, 15) is 4.79 Å². The highest BCUT2D eigenvalue weighted by molar-refractivity contribution is 7.98. The first kappa shape index (κ1) is 13.4. The molecule has 88 valence electrons. The smallest absolute Gasteiger partial charge is 0.152 e. The molecule has 0 spiro atoms. The van der Waals surface area contributed by atoms with Gasteiger partial charge in [-0.05, 0) is 37.8 Å². The first-order chi connectivity index (χ1) is 7.60. The van der Waals surface area contributed by atoms with Gasteiger partial charge in [-0.15, -0.1) is 23.4 Å². The fourth-order valence-electron chi connectivity index (χ4n) is 1.35. The van der Waals surface area contributed by atoms with E-state index in [4.69, 9.17) is 16.3 Å². The Bertz CT molecular complexity index is 379. The SMILES string of the molecule is CCOc1ccc(C(Cl)C(C)=O)cc1SC. The Morgan fingerprint density at radius 1 is 1.56 bits per heavy atom. The third-order valence-corrected chi connectivity index (χ3v) is 3.46. The van der Waals surface area contributed by atoms with Gasteiger partial charge in [0.05, 0.1) is 6.61 Å². The maximum absolute atomic E-state index is 11.2. The van der Waals surface area contributed by atoms with Crippen LogP contribution in [0.1, 0.15) is 24.8 Å². The zero-order chi connectivity index (χ0) is 12.1. The van der Waals surface area contributed by atoms with Crippen molar-refractivity contribution < 1.29 is 9.53 Å². The van der Waals surface area contributed by atoms with Crippen molar-refractivity contribution in [3.63, 3.8) is 0 Å². The van der Waals surface area contributed by atoms with Crippen LogP contribution in [0, 0.1) is 0 Å². The molecule has 0 aliphatic rings. The number of alkyl halides is 1. The summed E-state index contributed by atoms with van der Waals surface area (Å²) >= 11 is 7.58. The average molecular weight is 259 g/mol. The van der Waals surface area contributed by atoms with E-state index in [1.165, 1.54) is 6.92 Å². The number of halogens is 1. The van der Waals surface area contributed by atoms with E-state index < -0.39 is 5.38 Å². The lowest BCUT2D eigenvalue weighted by Gasteiger charge is -2.12. The van der Waals surface area contributed by atoms with Crippen molar-refractivity contribution in [1.29, 1.82) is 0 Å². The molecule has 0 bridgehead atoms. The molecule has 1 atom stereocenters. The van der Waals surface area contributed by atoms with Crippen LogP contribution >= 0.6 is 23.4 Å². The van der Waals surface area contributed by atoms with Gasteiger partial charge in [0.2, 0.25) is 0 Å². The highest BCUT2D eigenvalue weighted by Gasteiger charge is 2.15. The second-order valence-electron chi connectivity index (χ2n) is 3.32. The van der Waals surface area contributed by atoms with Gasteiger partial charge < -0.3 is 4.74 Å². The predicted octanol–water partition coefficient (Wildman–Crippen LogP) is 3.68. The number of carbonyl (C=O) groups is 1. The van der Waals surface area contributed by atoms with Crippen LogP contribution in [0.25, 0.3) is 0 Å². The molecule has 2 nitrogen and oxygen atoms in total. The molecule has 1 rings (SSSR count). The maximum Gasteiger partial charge on any atom is 0.152 e. The van der Waals surface area contributed by atoms with Gasteiger partial charge in [0, 0.05) is 4.90 Å². The minimum atomic E-state index is -0.568. The fraction of sp³-hybridized carbons (Fsp3) is 0.417. The number of hydrogen-bond acceptors (Lipinski definition) is 3. The summed E-state index contributed by atoms with van der Waals surface area (Å²) in [6.45, 7) is 4.06. The quantitative estimate of drug-likeness (QED) is 0.595. The minimum Gasteiger partial charge on any atom is -0.493 e. The molecule has 0 saturated heterocycles. The Morgan fingerprint density at radius 2 is 2.25 bits per heavy atom. The molecule has 1 aromatic carbocycles. The second-order valence-corrected chi connectivity index (χ2v) is 4.60. The van der Waals surface area contributed by atoms with Gasteiger partial charge >= 0.3 is 0 Å². The van der Waals surface area contributed by atoms with Gasteiger partial charge in [-0.3, -0.25) is 4.79 Å². The molecule has 1 unspecified atom stereocenters. The molecule has 0 amide bonds. The van der Waals surface area contributed by atoms with Gasteiger partial charge in [-0.2, -0.15) is 0 Å². The summed E-state index contributed by atoms with van der Waals surface area (Å²) in [6.07, 6.45) is 1.97. The lowest BCUT2D eigenvalue weighted by atomic mass is 10.1. The summed E-state index contributed by atoms with van der Waals surface area (Å²) in [6, 6.07) is 5.61. The topological polar surface area (TPSA) is 26.3 Å². The molecule has 0 N–H and O–H groups in total. The van der Waals surface area contributed by atoms with Crippen LogP contribution in [0.5, 0.6) is 5.75 Å². The van der Waals surface area contributed by atoms with E-state index in [2.05, 4.69) is 0 Å². The van der Waals surface area contributed by atoms with Gasteiger partial charge in [0.1, 0.15) is 11.1 Å². The number of ketones is 1. The number of Topliss-reactive ketones (excluding diaryl/α,β-unsaturated/α-hetero) is 1. The van der Waals surface area contributed by atoms with Crippen LogP contribution in [-0.4, -0.2) is 18.6 Å². The van der Waals surface area contributed by atoms with E-state index >= 15 is 0 Å². The molecule has 1 aromatic rings. The summed E-state index contributed by atoms with van der Waals surface area (Å²) in [5, 5.41) is -0.568. The Labute approximate surface area is 105 Å². The third kappa shape index (κ3) is 3.16. The van der Waals surface area contributed by atoms with E-state index in [-0.39, 0.29) is 5.78 Å². The van der Waals surface area contributed by atoms with Crippen molar-refractivity contribution in [3.8, 4) is 5.75 Å². The van der Waals surface area contributed by atoms with E-state index in [1.54, 1.807) is 11.8 Å². The molecule has 0 heterocycles. The summed E-state index contributed by atoms with van der Waals surface area (Å²) < 4.78 is 5.47. The second kappa shape index (κ2) is 6.16. The molecular weight excluding hydrogens is 244 g/mol. The molecule has 4 heteroatoms. The van der Waals surface area contributed by atoms with Gasteiger partial charge in [0.25, 0.3) is 0 Å². The molecule has 0 saturated carbocycles. The summed E-state index contributed by atoms with van der Waals surface area (Å²) in [5.41, 5.74) is 0.821. The zero-order valence-electron chi connectivity index (χ0n) is 9.62. The lowest BCUT2D eigenvalue weighted by molar-refractivity contribution is -0.116. The maximum atomic E-state index is 11.2. The van der Waals surface area contributed by atoms with Crippen molar-refractivity contribution in [3.05, 3.63) is 23.8 Å². The van der Waals surface area contributed by atoms with Crippen LogP contribution in [-0.2, 0) is 4.79 Å². The van der Waals surface area contributed by atoms with E-state index in [1.807, 2.05) is 31.4 Å². The Hall–Kier alpha value is -0.670. The number of rotatable bonds is 5. The highest BCUT2D eigenvalue weighted by Crippen LogP contribution is 2.32. The number of thioether (sulfide) groups is 1. The van der Waals surface area contributed by atoms with Gasteiger partial charge in [0.15, 0.2) is 5.78 Å². The number of ether oxygens (including phenoxy) is 1. The zero-order valence-corrected chi connectivity index (χ0v) is 11.2.